The summed E-state index contributed by atoms with van der Waals surface area (Å²) >= 11 is 0. The van der Waals surface area contributed by atoms with Crippen molar-refractivity contribution in [3.05, 3.63) is 47.5 Å². The van der Waals surface area contributed by atoms with Crippen molar-refractivity contribution in [3.8, 4) is 22.6 Å². The van der Waals surface area contributed by atoms with E-state index in [-0.39, 0.29) is 72.0 Å². The highest BCUT2D eigenvalue weighted by Gasteiger charge is 2.34. The van der Waals surface area contributed by atoms with Crippen molar-refractivity contribution in [2.24, 2.45) is 5.92 Å². The number of phenolic OH excluding ortho intramolecular Hbond substituents is 2. The molecule has 14 heteroatoms. The van der Waals surface area contributed by atoms with Gasteiger partial charge >= 0.3 is 0 Å². The number of hydrogen-bond acceptors (Lipinski definition) is 10. The third-order valence-corrected chi connectivity index (χ3v) is 12.2. The zero-order valence-corrected chi connectivity index (χ0v) is 38.4. The molecule has 3 rings (SSSR count). The molecule has 14 nitrogen and oxygen atoms in total. The molecule has 0 unspecified atom stereocenters. The number of likely N-dealkylation sites (N-methyl/N-ethyl adjacent to an activating group) is 2. The molecule has 0 aliphatic carbocycles. The van der Waals surface area contributed by atoms with Crippen LogP contribution in [0, 0.1) is 5.92 Å². The molecule has 0 aromatic heterocycles. The van der Waals surface area contributed by atoms with Crippen LogP contribution in [0.4, 0.5) is 0 Å². The van der Waals surface area contributed by atoms with Crippen molar-refractivity contribution in [1.82, 2.24) is 20.4 Å². The Morgan fingerprint density at radius 1 is 0.762 bits per heavy atom. The molecule has 2 aromatic carbocycles. The molecule has 0 spiro atoms. The van der Waals surface area contributed by atoms with Crippen LogP contribution in [-0.4, -0.2) is 105 Å². The molecule has 4 bridgehead atoms. The van der Waals surface area contributed by atoms with Gasteiger partial charge in [0.15, 0.2) is 17.3 Å². The Labute approximate surface area is 373 Å². The van der Waals surface area contributed by atoms with Crippen molar-refractivity contribution in [3.63, 3.8) is 0 Å². The summed E-state index contributed by atoms with van der Waals surface area (Å²) in [4.78, 5) is 95.4. The van der Waals surface area contributed by atoms with E-state index in [4.69, 9.17) is 0 Å². The van der Waals surface area contributed by atoms with E-state index in [1.807, 2.05) is 0 Å². The zero-order valence-electron chi connectivity index (χ0n) is 38.4. The Balaban J connectivity index is 1.60. The second-order valence-corrected chi connectivity index (χ2v) is 17.4. The first-order chi connectivity index (χ1) is 30.0. The number of phenols is 2. The second-order valence-electron chi connectivity index (χ2n) is 17.4. The van der Waals surface area contributed by atoms with Gasteiger partial charge in [0.25, 0.3) is 0 Å². The number of Topliss-reactive ketones (excluding diaryl/α,β-unsaturated/α-hetero) is 3. The molecule has 0 saturated heterocycles. The number of ketones is 3. The Kier molecular flexibility index (Phi) is 22.0. The standard InChI is InChI=1S/C49H72N4O10/c1-7-8-9-10-11-12-13-14-15-16-17-18-19-20-45(60)52(5)40(31-54)49(63)50-33(3)41(56)25-26-46(61)53(6)47-36-22-24-43(58)38(30-36)37-28-35(21-23-42(37)57)29-39(34(4)55)51-48(62)32(2)27-44(47)59/h21-24,28,30,32-33,39-40,47,54,57-58H,7-20,25-27,29,31H2,1-6H3,(H,50,63)(H,51,62)/t32-,33-,39+,40-,47+/m1/s1. The molecule has 0 radical (unpaired) electrons. The molecule has 5 atom stereocenters. The van der Waals surface area contributed by atoms with E-state index in [1.54, 1.807) is 19.1 Å². The van der Waals surface area contributed by atoms with Gasteiger partial charge in [-0.05, 0) is 62.1 Å². The summed E-state index contributed by atoms with van der Waals surface area (Å²) in [5.41, 5.74) is 1.27. The molecular formula is C49H72N4O10. The van der Waals surface area contributed by atoms with Crippen LogP contribution in [0.25, 0.3) is 11.1 Å². The maximum absolute atomic E-state index is 14.1. The minimum atomic E-state index is -1.27. The highest BCUT2D eigenvalue weighted by molar-refractivity contribution is 5.97. The highest BCUT2D eigenvalue weighted by atomic mass is 16.3. The van der Waals surface area contributed by atoms with Crippen LogP contribution in [0.5, 0.6) is 11.5 Å². The van der Waals surface area contributed by atoms with Crippen LogP contribution in [0.15, 0.2) is 36.4 Å². The van der Waals surface area contributed by atoms with Crippen LogP contribution < -0.4 is 10.6 Å². The Bertz CT molecular complexity index is 1880. The fourth-order valence-electron chi connectivity index (χ4n) is 8.03. The van der Waals surface area contributed by atoms with E-state index in [0.29, 0.717) is 12.0 Å². The zero-order chi connectivity index (χ0) is 46.6. The number of nitrogens with zero attached hydrogens (tertiary/aromatic N) is 2. The van der Waals surface area contributed by atoms with Crippen LogP contribution >= 0.6 is 0 Å². The van der Waals surface area contributed by atoms with Gasteiger partial charge in [-0.2, -0.15) is 0 Å². The summed E-state index contributed by atoms with van der Waals surface area (Å²) in [6.45, 7) is 5.91. The summed E-state index contributed by atoms with van der Waals surface area (Å²) in [5.74, 6) is -4.73. The number of unbranched alkanes of at least 4 members (excludes halogenated alkanes) is 12. The average Bonchev–Trinajstić information content (AvgIpc) is 3.24. The number of aliphatic hydroxyl groups excluding tert-OH is 1. The minimum absolute atomic E-state index is 0.106. The number of aromatic hydroxyl groups is 2. The molecule has 0 fully saturated rings. The first-order valence-corrected chi connectivity index (χ1v) is 22.9. The molecular weight excluding hydrogens is 805 g/mol. The monoisotopic (exact) mass is 877 g/mol. The second kappa shape index (κ2) is 26.5. The maximum Gasteiger partial charge on any atom is 0.245 e. The van der Waals surface area contributed by atoms with Crippen molar-refractivity contribution in [1.29, 1.82) is 0 Å². The van der Waals surface area contributed by atoms with Crippen LogP contribution in [0.3, 0.4) is 0 Å². The third-order valence-electron chi connectivity index (χ3n) is 12.2. The lowest BCUT2D eigenvalue weighted by molar-refractivity contribution is -0.142. The van der Waals surface area contributed by atoms with Gasteiger partial charge in [-0.3, -0.25) is 33.6 Å². The van der Waals surface area contributed by atoms with E-state index in [2.05, 4.69) is 17.6 Å². The van der Waals surface area contributed by atoms with E-state index in [9.17, 15) is 48.9 Å². The van der Waals surface area contributed by atoms with E-state index in [0.717, 1.165) is 19.3 Å². The largest absolute Gasteiger partial charge is 0.507 e. The minimum Gasteiger partial charge on any atom is -0.507 e. The Hall–Kier alpha value is -5.11. The molecule has 63 heavy (non-hydrogen) atoms. The molecule has 5 N–H and O–H groups in total. The first kappa shape index (κ1) is 52.2. The van der Waals surface area contributed by atoms with Crippen molar-refractivity contribution >= 4 is 41.0 Å². The number of amides is 4. The number of aliphatic hydroxyl groups is 1. The van der Waals surface area contributed by atoms with Gasteiger partial charge < -0.3 is 35.8 Å². The summed E-state index contributed by atoms with van der Waals surface area (Å²) in [7, 11) is 2.84. The number of rotatable bonds is 24. The van der Waals surface area contributed by atoms with Gasteiger partial charge in [0, 0.05) is 56.8 Å². The first-order valence-electron chi connectivity index (χ1n) is 22.9. The van der Waals surface area contributed by atoms with E-state index < -0.39 is 66.0 Å². The summed E-state index contributed by atoms with van der Waals surface area (Å²) in [6.07, 6.45) is 14.6. The summed E-state index contributed by atoms with van der Waals surface area (Å²) in [5, 5.41) is 37.1. The van der Waals surface area contributed by atoms with Gasteiger partial charge in [0.2, 0.25) is 23.6 Å². The lowest BCUT2D eigenvalue weighted by Gasteiger charge is -2.30. The lowest BCUT2D eigenvalue weighted by Crippen LogP contribution is -2.53. The fraction of sp³-hybridized carbons (Fsp3) is 0.612. The lowest BCUT2D eigenvalue weighted by atomic mass is 9.89. The van der Waals surface area contributed by atoms with Gasteiger partial charge in [-0.25, -0.2) is 0 Å². The predicted molar refractivity (Wildman–Crippen MR) is 242 cm³/mol. The topological polar surface area (TPSA) is 211 Å². The summed E-state index contributed by atoms with van der Waals surface area (Å²) in [6, 6.07) is 4.44. The average molecular weight is 877 g/mol. The Morgan fingerprint density at radius 3 is 1.89 bits per heavy atom. The predicted octanol–water partition coefficient (Wildman–Crippen LogP) is 6.64. The molecule has 1 aliphatic rings. The van der Waals surface area contributed by atoms with Crippen LogP contribution in [0.2, 0.25) is 0 Å². The van der Waals surface area contributed by atoms with Crippen LogP contribution in [-0.2, 0) is 40.0 Å². The van der Waals surface area contributed by atoms with Gasteiger partial charge in [-0.1, -0.05) is 103 Å². The number of benzene rings is 2. The number of hydrogen-bond donors (Lipinski definition) is 5. The van der Waals surface area contributed by atoms with Gasteiger partial charge in [0.1, 0.15) is 23.6 Å². The number of carbonyl (C=O) groups is 7. The Morgan fingerprint density at radius 2 is 1.32 bits per heavy atom. The molecule has 1 aliphatic heterocycles. The van der Waals surface area contributed by atoms with Crippen molar-refractivity contribution in [2.75, 3.05) is 20.7 Å². The SMILES string of the molecule is CCCCCCCCCCCCCCCC(=O)N(C)[C@H](CO)C(=O)N[C@H](C)C(=O)CCC(=O)N(C)[C@@H]1C(=O)C[C@@H](C)C(=O)N[C@H](C(C)=O)Cc2ccc(O)c(c2)-c2cc1ccc2O. The van der Waals surface area contributed by atoms with Gasteiger partial charge in [0.05, 0.1) is 18.7 Å². The smallest absolute Gasteiger partial charge is 0.245 e. The van der Waals surface area contributed by atoms with Crippen molar-refractivity contribution in [2.45, 2.75) is 167 Å². The molecule has 2 aromatic rings. The maximum atomic E-state index is 14.1. The third kappa shape index (κ3) is 16.2. The molecule has 4 amide bonds. The number of fused-ring (bicyclic) bond motifs is 5. The van der Waals surface area contributed by atoms with Gasteiger partial charge in [-0.15, -0.1) is 0 Å². The summed E-state index contributed by atoms with van der Waals surface area (Å²) < 4.78 is 0. The fourth-order valence-corrected chi connectivity index (χ4v) is 8.03. The normalized spacial score (nSPS) is 17.5. The quantitative estimate of drug-likeness (QED) is 0.0710. The number of nitrogens with one attached hydrogen (secondary N) is 2. The van der Waals surface area contributed by atoms with E-state index in [1.165, 1.54) is 120 Å². The van der Waals surface area contributed by atoms with Crippen LogP contribution in [0.1, 0.15) is 154 Å². The van der Waals surface area contributed by atoms with Crippen molar-refractivity contribution < 1.29 is 48.9 Å². The molecule has 348 valence electrons. The van der Waals surface area contributed by atoms with E-state index >= 15 is 0 Å². The molecule has 0 saturated carbocycles. The molecule has 1 heterocycles. The number of carbonyl (C=O) groups excluding carboxylic acids is 7. The highest BCUT2D eigenvalue weighted by Crippen LogP contribution is 2.39.